The number of nitrogens with zero attached hydrogens (tertiary/aromatic N) is 3. The highest BCUT2D eigenvalue weighted by Gasteiger charge is 2.34. The van der Waals surface area contributed by atoms with Gasteiger partial charge in [-0.2, -0.15) is 5.10 Å². The van der Waals surface area contributed by atoms with Crippen molar-refractivity contribution in [2.24, 2.45) is 14.9 Å². The van der Waals surface area contributed by atoms with E-state index in [0.717, 1.165) is 50.6 Å². The normalized spacial score (nSPS) is 23.3. The molecule has 0 unspecified atom stereocenters. The molecule has 0 radical (unpaired) electrons. The predicted octanol–water partition coefficient (Wildman–Crippen LogP) is 3.60. The van der Waals surface area contributed by atoms with Crippen LogP contribution in [0.25, 0.3) is 0 Å². The summed E-state index contributed by atoms with van der Waals surface area (Å²) in [6, 6.07) is 1.61. The number of hydrogen-bond acceptors (Lipinski definition) is 4. The Bertz CT molecular complexity index is 1160. The molecule has 0 bridgehead atoms. The fourth-order valence-electron chi connectivity index (χ4n) is 4.95. The van der Waals surface area contributed by atoms with Gasteiger partial charge in [0.1, 0.15) is 4.90 Å². The molecule has 166 valence electrons. The summed E-state index contributed by atoms with van der Waals surface area (Å²) in [6.45, 7) is 5.34. The predicted molar refractivity (Wildman–Crippen MR) is 119 cm³/mol. The molecule has 0 saturated carbocycles. The SMILES string of the molecule is CC[C@]1(C)COc2c([S@](N)(=O)=NC(=O)Nc3c4c(cc5c3CCC5)CCC4)cnn2C1. The second kappa shape index (κ2) is 7.34. The maximum Gasteiger partial charge on any atom is 0.354 e. The van der Waals surface area contributed by atoms with Gasteiger partial charge in [0.05, 0.1) is 19.3 Å². The van der Waals surface area contributed by atoms with Crippen molar-refractivity contribution in [1.29, 1.82) is 0 Å². The molecule has 3 N–H and O–H groups in total. The Labute approximate surface area is 182 Å². The molecule has 1 aliphatic heterocycles. The second-order valence-corrected chi connectivity index (χ2v) is 11.0. The number of carbonyl (C=O) groups excluding carboxylic acids is 1. The molecule has 8 nitrogen and oxygen atoms in total. The first-order valence-corrected chi connectivity index (χ1v) is 12.6. The molecular formula is C22H29N5O3S. The van der Waals surface area contributed by atoms with Crippen molar-refractivity contribution in [3.05, 3.63) is 34.5 Å². The number of nitrogens with two attached hydrogens (primary N) is 1. The minimum atomic E-state index is -3.50. The number of hydrogen-bond donors (Lipinski definition) is 2. The van der Waals surface area contributed by atoms with E-state index >= 15 is 0 Å². The average Bonchev–Trinajstić information content (AvgIpc) is 3.46. The van der Waals surface area contributed by atoms with Gasteiger partial charge >= 0.3 is 6.03 Å². The van der Waals surface area contributed by atoms with Crippen molar-refractivity contribution in [2.45, 2.75) is 70.2 Å². The van der Waals surface area contributed by atoms with Crippen LogP contribution in [0.1, 0.15) is 55.4 Å². The van der Waals surface area contributed by atoms with Crippen LogP contribution in [0, 0.1) is 5.41 Å². The van der Waals surface area contributed by atoms with Gasteiger partial charge in [0.15, 0.2) is 9.92 Å². The third-order valence-electron chi connectivity index (χ3n) is 6.94. The highest BCUT2D eigenvalue weighted by Crippen LogP contribution is 2.39. The average molecular weight is 444 g/mol. The number of anilines is 1. The number of aryl methyl sites for hydroxylation is 2. The largest absolute Gasteiger partial charge is 0.476 e. The Morgan fingerprint density at radius 2 is 1.97 bits per heavy atom. The highest BCUT2D eigenvalue weighted by molar-refractivity contribution is 7.91. The molecule has 1 aromatic heterocycles. The lowest BCUT2D eigenvalue weighted by Gasteiger charge is -2.33. The first-order valence-electron chi connectivity index (χ1n) is 11.0. The van der Waals surface area contributed by atoms with Gasteiger partial charge in [0, 0.05) is 11.1 Å². The van der Waals surface area contributed by atoms with E-state index < -0.39 is 15.9 Å². The van der Waals surface area contributed by atoms with Crippen molar-refractivity contribution in [3.8, 4) is 5.88 Å². The van der Waals surface area contributed by atoms with E-state index in [9.17, 15) is 9.00 Å². The van der Waals surface area contributed by atoms with Gasteiger partial charge in [-0.15, -0.1) is 4.36 Å². The molecule has 0 fully saturated rings. The van der Waals surface area contributed by atoms with Crippen LogP contribution in [-0.4, -0.2) is 26.6 Å². The molecule has 1 aromatic carbocycles. The standard InChI is InChI=1S/C22H29N5O3S/c1-3-22(2)12-27-20(30-13-22)18(11-24-27)31(23,29)26-21(28)25-19-16-8-4-6-14(16)10-15-7-5-9-17(15)19/h10-11H,3-9,12-13H2,1-2H3,(H3,23,25,26,28,29)/t22-,31+/m0/s1. The molecule has 0 saturated heterocycles. The number of fused-ring (bicyclic) bond motifs is 3. The third kappa shape index (κ3) is 3.53. The van der Waals surface area contributed by atoms with Gasteiger partial charge in [-0.1, -0.05) is 19.9 Å². The van der Waals surface area contributed by atoms with Crippen LogP contribution in [-0.2, 0) is 42.1 Å². The van der Waals surface area contributed by atoms with Crippen molar-refractivity contribution in [1.82, 2.24) is 9.78 Å². The Morgan fingerprint density at radius 1 is 1.29 bits per heavy atom. The zero-order valence-corrected chi connectivity index (χ0v) is 18.9. The Hall–Kier alpha value is -2.39. The van der Waals surface area contributed by atoms with Crippen LogP contribution in [0.3, 0.4) is 0 Å². The zero-order valence-electron chi connectivity index (χ0n) is 18.1. The molecule has 2 aromatic rings. The van der Waals surface area contributed by atoms with Gasteiger partial charge < -0.3 is 10.1 Å². The van der Waals surface area contributed by atoms with Crippen LogP contribution in [0.2, 0.25) is 0 Å². The monoisotopic (exact) mass is 443 g/mol. The molecule has 2 heterocycles. The lowest BCUT2D eigenvalue weighted by molar-refractivity contribution is 0.0783. The molecule has 3 aliphatic rings. The smallest absolute Gasteiger partial charge is 0.354 e. The summed E-state index contributed by atoms with van der Waals surface area (Å²) in [5.74, 6) is 0.344. The summed E-state index contributed by atoms with van der Waals surface area (Å²) in [7, 11) is -3.50. The fraction of sp³-hybridized carbons (Fsp3) is 0.545. The first kappa shape index (κ1) is 20.5. The minimum Gasteiger partial charge on any atom is -0.476 e. The maximum atomic E-state index is 13.2. The summed E-state index contributed by atoms with van der Waals surface area (Å²) >= 11 is 0. The van der Waals surface area contributed by atoms with Gasteiger partial charge in [-0.05, 0) is 67.2 Å². The van der Waals surface area contributed by atoms with Gasteiger partial charge in [-0.3, -0.25) is 0 Å². The van der Waals surface area contributed by atoms with Gasteiger partial charge in [0.25, 0.3) is 0 Å². The van der Waals surface area contributed by atoms with Crippen molar-refractivity contribution >= 4 is 21.6 Å². The summed E-state index contributed by atoms with van der Waals surface area (Å²) in [4.78, 5) is 13.0. The van der Waals surface area contributed by atoms with E-state index in [1.54, 1.807) is 4.68 Å². The van der Waals surface area contributed by atoms with Crippen molar-refractivity contribution in [2.75, 3.05) is 11.9 Å². The fourth-order valence-corrected chi connectivity index (χ4v) is 5.95. The molecule has 2 atom stereocenters. The van der Waals surface area contributed by atoms with E-state index in [1.807, 2.05) is 0 Å². The van der Waals surface area contributed by atoms with E-state index in [-0.39, 0.29) is 10.3 Å². The minimum absolute atomic E-state index is 0.0473. The van der Waals surface area contributed by atoms with Crippen LogP contribution < -0.4 is 15.2 Å². The number of carbonyl (C=O) groups is 1. The summed E-state index contributed by atoms with van der Waals surface area (Å²) in [5, 5.41) is 13.3. The number of amides is 2. The molecule has 2 amide bonds. The summed E-state index contributed by atoms with van der Waals surface area (Å²) < 4.78 is 24.6. The van der Waals surface area contributed by atoms with Crippen LogP contribution in [0.5, 0.6) is 5.88 Å². The lowest BCUT2D eigenvalue weighted by Crippen LogP contribution is -2.35. The highest BCUT2D eigenvalue weighted by atomic mass is 32.2. The third-order valence-corrected chi connectivity index (χ3v) is 8.29. The van der Waals surface area contributed by atoms with Gasteiger partial charge in [-0.25, -0.2) is 18.8 Å². The van der Waals surface area contributed by atoms with Crippen molar-refractivity contribution < 1.29 is 13.7 Å². The number of ether oxygens (including phenoxy) is 1. The van der Waals surface area contributed by atoms with Crippen LogP contribution in [0.4, 0.5) is 10.5 Å². The molecule has 31 heavy (non-hydrogen) atoms. The van der Waals surface area contributed by atoms with E-state index in [4.69, 9.17) is 9.88 Å². The number of rotatable bonds is 3. The number of benzene rings is 1. The molecule has 9 heteroatoms. The Balaban J connectivity index is 1.45. The molecule has 5 rings (SSSR count). The van der Waals surface area contributed by atoms with Crippen LogP contribution in [0.15, 0.2) is 21.5 Å². The maximum absolute atomic E-state index is 13.2. The molecule has 0 spiro atoms. The van der Waals surface area contributed by atoms with E-state index in [0.29, 0.717) is 19.0 Å². The van der Waals surface area contributed by atoms with E-state index in [1.165, 1.54) is 28.5 Å². The lowest BCUT2D eigenvalue weighted by atomic mass is 9.88. The van der Waals surface area contributed by atoms with E-state index in [2.05, 4.69) is 34.7 Å². The number of nitrogens with one attached hydrogen (secondary N) is 1. The molecule has 2 aliphatic carbocycles. The number of aromatic nitrogens is 2. The molecular weight excluding hydrogens is 414 g/mol. The summed E-state index contributed by atoms with van der Waals surface area (Å²) in [6.07, 6.45) is 8.46. The zero-order chi connectivity index (χ0) is 21.8. The van der Waals surface area contributed by atoms with Gasteiger partial charge in [0.2, 0.25) is 5.88 Å². The Morgan fingerprint density at radius 3 is 2.61 bits per heavy atom. The first-order chi connectivity index (χ1) is 14.8. The van der Waals surface area contributed by atoms with Crippen molar-refractivity contribution in [3.63, 3.8) is 0 Å². The quantitative estimate of drug-likeness (QED) is 0.755. The number of urea groups is 1. The topological polar surface area (TPSA) is 112 Å². The van der Waals surface area contributed by atoms with Crippen LogP contribution >= 0.6 is 0 Å². The Kier molecular flexibility index (Phi) is 4.86. The summed E-state index contributed by atoms with van der Waals surface area (Å²) in [5.41, 5.74) is 5.81. The second-order valence-electron chi connectivity index (χ2n) is 9.25.